The van der Waals surface area contributed by atoms with Crippen LogP contribution in [0.3, 0.4) is 0 Å². The second kappa shape index (κ2) is 3.70. The molecule has 0 saturated heterocycles. The van der Waals surface area contributed by atoms with E-state index in [0.29, 0.717) is 6.07 Å². The Morgan fingerprint density at radius 2 is 2.14 bits per heavy atom. The lowest BCUT2D eigenvalue weighted by atomic mass is 10.3. The molecule has 1 rings (SSSR count). The smallest absolute Gasteiger partial charge is 0.339 e. The van der Waals surface area contributed by atoms with Gasteiger partial charge < -0.3 is 4.98 Å². The molecule has 0 atom stereocenters. The number of halogens is 3. The van der Waals surface area contributed by atoms with Crippen molar-refractivity contribution in [3.8, 4) is 0 Å². The Kier molecular flexibility index (Phi) is 2.80. The second-order valence-corrected chi connectivity index (χ2v) is 2.69. The summed E-state index contributed by atoms with van der Waals surface area (Å²) < 4.78 is 24.1. The van der Waals surface area contributed by atoms with Gasteiger partial charge in [0.1, 0.15) is 0 Å². The standard InChI is InChI=1S/C6H3ClF2N2O3/c7-5-4(11(13)14)3(12)1-2(10-5)6(8)9/h1,6H,(H,10,12). The van der Waals surface area contributed by atoms with Gasteiger partial charge in [0.05, 0.1) is 10.6 Å². The molecule has 0 aromatic carbocycles. The summed E-state index contributed by atoms with van der Waals surface area (Å²) in [7, 11) is 0. The molecule has 0 fully saturated rings. The van der Waals surface area contributed by atoms with E-state index < -0.39 is 33.3 Å². The molecule has 0 saturated carbocycles. The average molecular weight is 225 g/mol. The number of nitro groups is 1. The van der Waals surface area contributed by atoms with Gasteiger partial charge in [0, 0.05) is 6.07 Å². The fourth-order valence-electron chi connectivity index (χ4n) is 0.827. The first-order valence-corrected chi connectivity index (χ1v) is 3.66. The minimum absolute atomic E-state index is 0.453. The molecule has 8 heteroatoms. The van der Waals surface area contributed by atoms with Gasteiger partial charge in [0.15, 0.2) is 5.15 Å². The molecule has 0 spiro atoms. The predicted octanol–water partition coefficient (Wildman–Crippen LogP) is 1.87. The van der Waals surface area contributed by atoms with Gasteiger partial charge in [-0.3, -0.25) is 14.9 Å². The summed E-state index contributed by atoms with van der Waals surface area (Å²) in [5.41, 5.74) is -2.82. The molecule has 0 aliphatic heterocycles. The fraction of sp³-hybridized carbons (Fsp3) is 0.167. The van der Waals surface area contributed by atoms with Gasteiger partial charge in [-0.2, -0.15) is 0 Å². The van der Waals surface area contributed by atoms with Crippen molar-refractivity contribution in [2.75, 3.05) is 0 Å². The minimum Gasteiger partial charge on any atom is -0.339 e. The number of nitrogens with one attached hydrogen (secondary N) is 1. The Morgan fingerprint density at radius 3 is 2.50 bits per heavy atom. The quantitative estimate of drug-likeness (QED) is 0.473. The fourth-order valence-corrected chi connectivity index (χ4v) is 1.10. The van der Waals surface area contributed by atoms with Crippen molar-refractivity contribution in [2.45, 2.75) is 6.43 Å². The molecular weight excluding hydrogens is 222 g/mol. The number of aromatic amines is 1. The third-order valence-electron chi connectivity index (χ3n) is 1.40. The van der Waals surface area contributed by atoms with Gasteiger partial charge in [0.25, 0.3) is 11.9 Å². The summed E-state index contributed by atoms with van der Waals surface area (Å²) in [6.45, 7) is 0. The third-order valence-corrected chi connectivity index (χ3v) is 1.67. The van der Waals surface area contributed by atoms with Crippen molar-refractivity contribution in [3.05, 3.63) is 37.3 Å². The van der Waals surface area contributed by atoms with Crippen molar-refractivity contribution in [2.24, 2.45) is 0 Å². The van der Waals surface area contributed by atoms with Crippen LogP contribution in [0.1, 0.15) is 12.1 Å². The van der Waals surface area contributed by atoms with E-state index in [4.69, 9.17) is 11.6 Å². The average Bonchev–Trinajstić information content (AvgIpc) is 2.01. The summed E-state index contributed by atoms with van der Waals surface area (Å²) in [6, 6.07) is 0.453. The first kappa shape index (κ1) is 10.6. The summed E-state index contributed by atoms with van der Waals surface area (Å²) in [6.07, 6.45) is -2.93. The van der Waals surface area contributed by atoms with Gasteiger partial charge in [-0.15, -0.1) is 0 Å². The number of pyridine rings is 1. The van der Waals surface area contributed by atoms with Crippen LogP contribution in [0, 0.1) is 10.1 Å². The van der Waals surface area contributed by atoms with Crippen LogP contribution in [-0.4, -0.2) is 9.91 Å². The highest BCUT2D eigenvalue weighted by Gasteiger charge is 2.21. The van der Waals surface area contributed by atoms with Crippen molar-refractivity contribution >= 4 is 17.3 Å². The molecule has 1 N–H and O–H groups in total. The van der Waals surface area contributed by atoms with E-state index >= 15 is 0 Å². The molecule has 0 amide bonds. The van der Waals surface area contributed by atoms with Crippen LogP contribution in [0.2, 0.25) is 5.15 Å². The summed E-state index contributed by atoms with van der Waals surface area (Å²) in [4.78, 5) is 22.0. The van der Waals surface area contributed by atoms with Crippen molar-refractivity contribution in [1.29, 1.82) is 0 Å². The van der Waals surface area contributed by atoms with Gasteiger partial charge in [0.2, 0.25) is 0 Å². The number of alkyl halides is 2. The van der Waals surface area contributed by atoms with Gasteiger partial charge in [-0.05, 0) is 0 Å². The number of aromatic nitrogens is 1. The first-order chi connectivity index (χ1) is 6.43. The number of hydrogen-bond acceptors (Lipinski definition) is 3. The van der Waals surface area contributed by atoms with Gasteiger partial charge >= 0.3 is 5.69 Å². The van der Waals surface area contributed by atoms with Crippen molar-refractivity contribution in [1.82, 2.24) is 4.98 Å². The van der Waals surface area contributed by atoms with E-state index in [-0.39, 0.29) is 0 Å². The van der Waals surface area contributed by atoms with E-state index in [1.165, 1.54) is 0 Å². The van der Waals surface area contributed by atoms with Crippen molar-refractivity contribution in [3.63, 3.8) is 0 Å². The monoisotopic (exact) mass is 224 g/mol. The maximum atomic E-state index is 12.1. The molecule has 1 aromatic heterocycles. The van der Waals surface area contributed by atoms with Crippen LogP contribution in [0.25, 0.3) is 0 Å². The largest absolute Gasteiger partial charge is 0.351 e. The van der Waals surface area contributed by atoms with Gasteiger partial charge in [-0.1, -0.05) is 11.6 Å². The lowest BCUT2D eigenvalue weighted by Crippen LogP contribution is -2.11. The number of nitrogens with zero attached hydrogens (tertiary/aromatic N) is 1. The second-order valence-electron chi connectivity index (χ2n) is 2.31. The third kappa shape index (κ3) is 1.87. The van der Waals surface area contributed by atoms with Crippen LogP contribution in [0.4, 0.5) is 14.5 Å². The van der Waals surface area contributed by atoms with Crippen LogP contribution < -0.4 is 5.43 Å². The topological polar surface area (TPSA) is 76.0 Å². The molecule has 5 nitrogen and oxygen atoms in total. The lowest BCUT2D eigenvalue weighted by molar-refractivity contribution is -0.386. The maximum absolute atomic E-state index is 12.1. The summed E-state index contributed by atoms with van der Waals surface area (Å²) in [5, 5.41) is 9.54. The Balaban J connectivity index is 3.40. The molecule has 0 aliphatic rings. The number of rotatable bonds is 2. The zero-order valence-corrected chi connectivity index (χ0v) is 7.22. The number of H-pyrrole nitrogens is 1. The van der Waals surface area contributed by atoms with E-state index in [9.17, 15) is 23.7 Å². The molecule has 1 aromatic rings. The first-order valence-electron chi connectivity index (χ1n) is 3.28. The molecule has 1 heterocycles. The highest BCUT2D eigenvalue weighted by atomic mass is 35.5. The molecule has 0 bridgehead atoms. The lowest BCUT2D eigenvalue weighted by Gasteiger charge is -2.00. The highest BCUT2D eigenvalue weighted by Crippen LogP contribution is 2.22. The van der Waals surface area contributed by atoms with Crippen molar-refractivity contribution < 1.29 is 13.7 Å². The Labute approximate surface area is 80.5 Å². The normalized spacial score (nSPS) is 10.6. The van der Waals surface area contributed by atoms with Crippen LogP contribution in [-0.2, 0) is 0 Å². The van der Waals surface area contributed by atoms with Gasteiger partial charge in [-0.25, -0.2) is 8.78 Å². The zero-order valence-electron chi connectivity index (χ0n) is 6.46. The Morgan fingerprint density at radius 1 is 1.57 bits per heavy atom. The van der Waals surface area contributed by atoms with E-state index in [2.05, 4.69) is 0 Å². The highest BCUT2D eigenvalue weighted by molar-refractivity contribution is 6.31. The molecule has 0 unspecified atom stereocenters. The van der Waals surface area contributed by atoms with E-state index in [1.54, 1.807) is 0 Å². The zero-order chi connectivity index (χ0) is 10.9. The predicted molar refractivity (Wildman–Crippen MR) is 43.7 cm³/mol. The van der Waals surface area contributed by atoms with Crippen LogP contribution in [0.15, 0.2) is 10.9 Å². The van der Waals surface area contributed by atoms with Crippen LogP contribution in [0.5, 0.6) is 0 Å². The Bertz CT molecular complexity index is 432. The molecule has 76 valence electrons. The van der Waals surface area contributed by atoms with E-state index in [0.717, 1.165) is 0 Å². The molecule has 0 aliphatic carbocycles. The van der Waals surface area contributed by atoms with Crippen LogP contribution >= 0.6 is 11.6 Å². The molecule has 14 heavy (non-hydrogen) atoms. The molecular formula is C6H3ClF2N2O3. The Hall–Kier alpha value is -1.50. The summed E-state index contributed by atoms with van der Waals surface area (Å²) >= 11 is 5.24. The summed E-state index contributed by atoms with van der Waals surface area (Å²) in [5.74, 6) is 0. The number of hydrogen-bond donors (Lipinski definition) is 1. The minimum atomic E-state index is -2.93. The van der Waals surface area contributed by atoms with E-state index in [1.807, 2.05) is 4.98 Å². The SMILES string of the molecule is O=c1cc(C(F)F)[nH]c(Cl)c1[N+](=O)[O-]. The molecule has 0 radical (unpaired) electrons. The maximum Gasteiger partial charge on any atom is 0.351 e.